The number of ether oxygens (including phenoxy) is 1. The first-order valence-electron chi connectivity index (χ1n) is 8.06. The molecule has 1 atom stereocenters. The number of hydrogen-bond acceptors (Lipinski definition) is 4. The molecular weight excluding hydrogens is 335 g/mol. The van der Waals surface area contributed by atoms with E-state index in [4.69, 9.17) is 4.74 Å². The molecule has 1 aromatic heterocycles. The van der Waals surface area contributed by atoms with Crippen molar-refractivity contribution in [3.63, 3.8) is 0 Å². The van der Waals surface area contributed by atoms with Gasteiger partial charge in [-0.1, -0.05) is 29.8 Å². The molecule has 0 aliphatic heterocycles. The van der Waals surface area contributed by atoms with E-state index in [1.165, 1.54) is 48.3 Å². The Morgan fingerprint density at radius 2 is 1.73 bits per heavy atom. The minimum atomic E-state index is -0.943. The summed E-state index contributed by atoms with van der Waals surface area (Å²) >= 11 is 0. The van der Waals surface area contributed by atoms with Gasteiger partial charge in [0.05, 0.1) is 12.5 Å². The number of halogens is 1. The summed E-state index contributed by atoms with van der Waals surface area (Å²) in [5.41, 5.74) is 2.23. The number of ketones is 1. The van der Waals surface area contributed by atoms with Gasteiger partial charge in [0.15, 0.2) is 11.8 Å². The largest absolute Gasteiger partial charge is 0.450 e. The summed E-state index contributed by atoms with van der Waals surface area (Å²) in [6.07, 6.45) is 1.83. The van der Waals surface area contributed by atoms with E-state index in [0.717, 1.165) is 5.56 Å². The van der Waals surface area contributed by atoms with Crippen LogP contribution in [0.1, 0.15) is 33.3 Å². The standard InChI is InChI=1S/C20H17FN2O3/c1-13-3-5-15(6-4-13)19(24)14(2)26-20(25)18-11-22-12-23(18)17-9-7-16(21)8-10-17/h3-12,14H,1-2H3/t14-/m0/s1. The van der Waals surface area contributed by atoms with E-state index in [1.807, 2.05) is 19.1 Å². The van der Waals surface area contributed by atoms with Gasteiger partial charge in [-0.05, 0) is 38.1 Å². The van der Waals surface area contributed by atoms with Crippen LogP contribution in [-0.4, -0.2) is 27.4 Å². The van der Waals surface area contributed by atoms with Crippen molar-refractivity contribution in [1.82, 2.24) is 9.55 Å². The van der Waals surface area contributed by atoms with E-state index in [-0.39, 0.29) is 17.3 Å². The molecule has 0 unspecified atom stereocenters. The second-order valence-corrected chi connectivity index (χ2v) is 5.90. The maximum atomic E-state index is 13.1. The molecule has 0 spiro atoms. The van der Waals surface area contributed by atoms with E-state index >= 15 is 0 Å². The van der Waals surface area contributed by atoms with Gasteiger partial charge in [0, 0.05) is 11.3 Å². The Morgan fingerprint density at radius 3 is 2.38 bits per heavy atom. The first-order valence-corrected chi connectivity index (χ1v) is 8.06. The number of hydrogen-bond donors (Lipinski definition) is 0. The average Bonchev–Trinajstić information content (AvgIpc) is 3.12. The van der Waals surface area contributed by atoms with E-state index in [2.05, 4.69) is 4.98 Å². The molecule has 0 amide bonds. The zero-order chi connectivity index (χ0) is 18.7. The molecule has 6 heteroatoms. The van der Waals surface area contributed by atoms with Crippen molar-refractivity contribution in [2.75, 3.05) is 0 Å². The van der Waals surface area contributed by atoms with Crippen LogP contribution in [0, 0.1) is 12.7 Å². The number of carbonyl (C=O) groups excluding carboxylic acids is 2. The molecule has 0 bridgehead atoms. The quantitative estimate of drug-likeness (QED) is 0.518. The second-order valence-electron chi connectivity index (χ2n) is 5.90. The summed E-state index contributed by atoms with van der Waals surface area (Å²) in [6, 6.07) is 12.7. The first-order chi connectivity index (χ1) is 12.5. The number of benzene rings is 2. The van der Waals surface area contributed by atoms with Gasteiger partial charge in [-0.15, -0.1) is 0 Å². The summed E-state index contributed by atoms with van der Waals surface area (Å²) in [7, 11) is 0. The van der Waals surface area contributed by atoms with Crippen LogP contribution in [0.3, 0.4) is 0 Å². The highest BCUT2D eigenvalue weighted by atomic mass is 19.1. The second kappa shape index (κ2) is 7.31. The molecule has 3 rings (SSSR count). The van der Waals surface area contributed by atoms with E-state index in [0.29, 0.717) is 11.3 Å². The Bertz CT molecular complexity index is 930. The number of nitrogens with zero attached hydrogens (tertiary/aromatic N) is 2. The van der Waals surface area contributed by atoms with Crippen molar-refractivity contribution in [3.05, 3.63) is 83.7 Å². The Hall–Kier alpha value is -3.28. The van der Waals surface area contributed by atoms with Crippen molar-refractivity contribution in [3.8, 4) is 5.69 Å². The van der Waals surface area contributed by atoms with E-state index in [9.17, 15) is 14.0 Å². The molecule has 26 heavy (non-hydrogen) atoms. The number of esters is 1. The van der Waals surface area contributed by atoms with Crippen molar-refractivity contribution in [2.45, 2.75) is 20.0 Å². The van der Waals surface area contributed by atoms with Gasteiger partial charge in [0.25, 0.3) is 0 Å². The van der Waals surface area contributed by atoms with Gasteiger partial charge in [-0.25, -0.2) is 14.2 Å². The molecular formula is C20H17FN2O3. The van der Waals surface area contributed by atoms with Gasteiger partial charge in [0.1, 0.15) is 5.82 Å². The van der Waals surface area contributed by atoms with Crippen LogP contribution in [0.15, 0.2) is 61.1 Å². The molecule has 0 N–H and O–H groups in total. The van der Waals surface area contributed by atoms with Crippen molar-refractivity contribution < 1.29 is 18.7 Å². The number of aromatic nitrogens is 2. The molecule has 0 aliphatic rings. The van der Waals surface area contributed by atoms with Gasteiger partial charge in [-0.2, -0.15) is 0 Å². The van der Waals surface area contributed by atoms with Crippen LogP contribution in [0.5, 0.6) is 0 Å². The fourth-order valence-electron chi connectivity index (χ4n) is 2.48. The Morgan fingerprint density at radius 1 is 1.08 bits per heavy atom. The fourth-order valence-corrected chi connectivity index (χ4v) is 2.48. The number of rotatable bonds is 5. The maximum Gasteiger partial charge on any atom is 0.357 e. The van der Waals surface area contributed by atoms with Crippen LogP contribution in [-0.2, 0) is 4.74 Å². The normalized spacial score (nSPS) is 11.8. The van der Waals surface area contributed by atoms with Gasteiger partial charge in [-0.3, -0.25) is 9.36 Å². The van der Waals surface area contributed by atoms with Crippen molar-refractivity contribution >= 4 is 11.8 Å². The third kappa shape index (κ3) is 3.69. The Kier molecular flexibility index (Phi) is 4.93. The van der Waals surface area contributed by atoms with Gasteiger partial charge in [0.2, 0.25) is 5.78 Å². The molecule has 5 nitrogen and oxygen atoms in total. The molecule has 0 aliphatic carbocycles. The predicted molar refractivity (Wildman–Crippen MR) is 93.9 cm³/mol. The highest BCUT2D eigenvalue weighted by Crippen LogP contribution is 2.15. The van der Waals surface area contributed by atoms with Crippen molar-refractivity contribution in [1.29, 1.82) is 0 Å². The summed E-state index contributed by atoms with van der Waals surface area (Å²) in [5, 5.41) is 0. The minimum Gasteiger partial charge on any atom is -0.450 e. The molecule has 132 valence electrons. The fraction of sp³-hybridized carbons (Fsp3) is 0.150. The third-order valence-corrected chi connectivity index (χ3v) is 3.94. The summed E-state index contributed by atoms with van der Waals surface area (Å²) in [5.74, 6) is -1.35. The molecule has 0 saturated heterocycles. The Balaban J connectivity index is 1.76. The van der Waals surface area contributed by atoms with Crippen LogP contribution in [0.4, 0.5) is 4.39 Å². The number of aryl methyl sites for hydroxylation is 1. The average molecular weight is 352 g/mol. The number of Topliss-reactive ketones (excluding diaryl/α,β-unsaturated/α-hetero) is 1. The Labute approximate surface area is 150 Å². The molecule has 0 saturated carbocycles. The summed E-state index contributed by atoms with van der Waals surface area (Å²) in [4.78, 5) is 28.8. The lowest BCUT2D eigenvalue weighted by Crippen LogP contribution is -2.25. The monoisotopic (exact) mass is 352 g/mol. The number of imidazole rings is 1. The highest BCUT2D eigenvalue weighted by molar-refractivity contribution is 6.01. The first kappa shape index (κ1) is 17.5. The van der Waals surface area contributed by atoms with Crippen molar-refractivity contribution in [2.24, 2.45) is 0 Å². The van der Waals surface area contributed by atoms with Crippen LogP contribution in [0.2, 0.25) is 0 Å². The SMILES string of the molecule is Cc1ccc(C(=O)[C@H](C)OC(=O)c2cncn2-c2ccc(F)cc2)cc1. The molecule has 0 fully saturated rings. The van der Waals surface area contributed by atoms with Crippen LogP contribution < -0.4 is 0 Å². The molecule has 1 heterocycles. The lowest BCUT2D eigenvalue weighted by atomic mass is 10.1. The van der Waals surface area contributed by atoms with Gasteiger partial charge < -0.3 is 4.74 Å². The molecule has 3 aromatic rings. The summed E-state index contributed by atoms with van der Waals surface area (Å²) < 4.78 is 19.9. The lowest BCUT2D eigenvalue weighted by Gasteiger charge is -2.13. The maximum absolute atomic E-state index is 13.1. The lowest BCUT2D eigenvalue weighted by molar-refractivity contribution is 0.0311. The minimum absolute atomic E-state index is 0.153. The molecule has 2 aromatic carbocycles. The molecule has 0 radical (unpaired) electrons. The highest BCUT2D eigenvalue weighted by Gasteiger charge is 2.22. The smallest absolute Gasteiger partial charge is 0.357 e. The van der Waals surface area contributed by atoms with Gasteiger partial charge >= 0.3 is 5.97 Å². The van der Waals surface area contributed by atoms with E-state index < -0.39 is 12.1 Å². The third-order valence-electron chi connectivity index (χ3n) is 3.94. The summed E-state index contributed by atoms with van der Waals surface area (Å²) in [6.45, 7) is 3.45. The van der Waals surface area contributed by atoms with E-state index in [1.54, 1.807) is 12.1 Å². The predicted octanol–water partition coefficient (Wildman–Crippen LogP) is 3.75. The number of carbonyl (C=O) groups is 2. The van der Waals surface area contributed by atoms with Crippen LogP contribution in [0.25, 0.3) is 5.69 Å². The topological polar surface area (TPSA) is 61.2 Å². The van der Waals surface area contributed by atoms with Crippen LogP contribution >= 0.6 is 0 Å². The zero-order valence-corrected chi connectivity index (χ0v) is 14.3. The zero-order valence-electron chi connectivity index (χ0n) is 14.3.